The maximum Gasteiger partial charge on any atom is 1.00 e. The smallest absolute Gasteiger partial charge is 0.494 e. The monoisotopic (exact) mass is 450 g/mol. The molecule has 1 aromatic carbocycles. The molecule has 0 aliphatic carbocycles. The van der Waals surface area contributed by atoms with Gasteiger partial charge in [0.1, 0.15) is 5.75 Å². The van der Waals surface area contributed by atoms with Crippen LogP contribution in [0, 0.1) is 7.43 Å². The minimum Gasteiger partial charge on any atom is -0.494 e. The van der Waals surface area contributed by atoms with Crippen LogP contribution in [-0.4, -0.2) is 37.2 Å². The average molecular weight is 450 g/mol. The van der Waals surface area contributed by atoms with Gasteiger partial charge in [-0.2, -0.15) is 13.2 Å². The van der Waals surface area contributed by atoms with Crippen molar-refractivity contribution in [2.24, 2.45) is 0 Å². The molecule has 1 aliphatic heterocycles. The van der Waals surface area contributed by atoms with Gasteiger partial charge in [-0.05, 0) is 32.0 Å². The van der Waals surface area contributed by atoms with Crippen molar-refractivity contribution in [2.75, 3.05) is 26.2 Å². The third kappa shape index (κ3) is 7.27. The summed E-state index contributed by atoms with van der Waals surface area (Å²) in [4.78, 5) is 2.15. The molecular weight excluding hydrogens is 426 g/mol. The van der Waals surface area contributed by atoms with Crippen molar-refractivity contribution in [3.63, 3.8) is 0 Å². The van der Waals surface area contributed by atoms with Gasteiger partial charge in [-0.25, -0.2) is 0 Å². The normalized spacial score (nSPS) is 18.7. The van der Waals surface area contributed by atoms with Crippen molar-refractivity contribution in [2.45, 2.75) is 32.6 Å². The molecule has 0 saturated carbocycles. The van der Waals surface area contributed by atoms with Crippen LogP contribution in [0.25, 0.3) is 0 Å². The topological polar surface area (TPSA) is 24.5 Å². The molecule has 1 fully saturated rings. The van der Waals surface area contributed by atoms with Crippen LogP contribution < -0.4 is 78.9 Å². The molecule has 0 radical (unpaired) electrons. The number of piperazine rings is 1. The van der Waals surface area contributed by atoms with Crippen LogP contribution in [0.2, 0.25) is 0 Å². The Labute approximate surface area is 195 Å². The SMILES string of the molecule is CCOc1ccc(C(F)(F)F)cc1CN1CCNC(C)C1.[CH3-].[Cs+]. The molecule has 0 bridgehead atoms. The Balaban J connectivity index is 0.00000242. The summed E-state index contributed by atoms with van der Waals surface area (Å²) in [7, 11) is 0. The molecule has 1 saturated heterocycles. The zero-order valence-corrected chi connectivity index (χ0v) is 20.6. The number of nitrogens with zero attached hydrogens (tertiary/aromatic N) is 1. The molecule has 0 amide bonds. The molecule has 1 atom stereocenters. The first-order valence-electron chi connectivity index (χ1n) is 7.18. The summed E-state index contributed by atoms with van der Waals surface area (Å²) in [5.74, 6) is 0.539. The van der Waals surface area contributed by atoms with E-state index in [1.165, 1.54) is 12.1 Å². The van der Waals surface area contributed by atoms with E-state index in [2.05, 4.69) is 17.1 Å². The summed E-state index contributed by atoms with van der Waals surface area (Å²) in [6.45, 7) is 7.32. The second-order valence-corrected chi connectivity index (χ2v) is 5.34. The van der Waals surface area contributed by atoms with Crippen LogP contribution in [-0.2, 0) is 12.7 Å². The Bertz CT molecular complexity index is 483. The molecule has 0 spiro atoms. The standard InChI is InChI=1S/C15H21F3N2O.CH3.Cs/c1-3-21-14-5-4-13(15(16,17)18)8-12(14)10-20-7-6-19-11(2)9-20;;/h4-5,8,11,19H,3,6-7,9-10H2,1-2H3;1H3;/q;-1;+1. The molecular formula is C16H24CsF3N2O. The summed E-state index contributed by atoms with van der Waals surface area (Å²) >= 11 is 0. The molecule has 1 unspecified atom stereocenters. The van der Waals surface area contributed by atoms with Crippen molar-refractivity contribution in [1.29, 1.82) is 0 Å². The van der Waals surface area contributed by atoms with E-state index >= 15 is 0 Å². The fourth-order valence-corrected chi connectivity index (χ4v) is 2.57. The first-order chi connectivity index (χ1) is 9.90. The van der Waals surface area contributed by atoms with E-state index in [1.807, 2.05) is 6.92 Å². The van der Waals surface area contributed by atoms with Crippen LogP contribution in [0.4, 0.5) is 13.2 Å². The Morgan fingerprint density at radius 1 is 1.35 bits per heavy atom. The van der Waals surface area contributed by atoms with Crippen molar-refractivity contribution >= 4 is 0 Å². The molecule has 1 aliphatic rings. The van der Waals surface area contributed by atoms with Crippen LogP contribution in [0.3, 0.4) is 0 Å². The van der Waals surface area contributed by atoms with Gasteiger partial charge in [0.2, 0.25) is 0 Å². The zero-order chi connectivity index (χ0) is 15.5. The van der Waals surface area contributed by atoms with Crippen molar-refractivity contribution in [3.05, 3.63) is 36.8 Å². The summed E-state index contributed by atoms with van der Waals surface area (Å²) in [5.41, 5.74) is -0.0232. The van der Waals surface area contributed by atoms with Crippen molar-refractivity contribution < 1.29 is 86.8 Å². The van der Waals surface area contributed by atoms with E-state index in [0.29, 0.717) is 30.5 Å². The number of rotatable bonds is 4. The number of alkyl halides is 3. The summed E-state index contributed by atoms with van der Waals surface area (Å²) < 4.78 is 44.0. The van der Waals surface area contributed by atoms with Crippen molar-refractivity contribution in [3.8, 4) is 5.75 Å². The Kier molecular flexibility index (Phi) is 11.1. The molecule has 23 heavy (non-hydrogen) atoms. The van der Waals surface area contributed by atoms with Gasteiger partial charge in [0.25, 0.3) is 0 Å². The number of hydrogen-bond acceptors (Lipinski definition) is 3. The minimum atomic E-state index is -4.32. The number of hydrogen-bond donors (Lipinski definition) is 1. The van der Waals surface area contributed by atoms with Crippen LogP contribution in [0.1, 0.15) is 25.0 Å². The molecule has 1 N–H and O–H groups in total. The molecule has 7 heteroatoms. The Morgan fingerprint density at radius 2 is 2.04 bits per heavy atom. The summed E-state index contributed by atoms with van der Waals surface area (Å²) in [5, 5.41) is 3.32. The van der Waals surface area contributed by atoms with Gasteiger partial charge in [-0.3, -0.25) is 4.90 Å². The Hall–Kier alpha value is 0.782. The molecule has 1 heterocycles. The van der Waals surface area contributed by atoms with Crippen molar-refractivity contribution in [1.82, 2.24) is 10.2 Å². The van der Waals surface area contributed by atoms with Gasteiger partial charge in [0.05, 0.1) is 12.2 Å². The van der Waals surface area contributed by atoms with E-state index < -0.39 is 11.7 Å². The van der Waals surface area contributed by atoms with Crippen LogP contribution >= 0.6 is 0 Å². The maximum atomic E-state index is 12.9. The maximum absolute atomic E-state index is 12.9. The van der Waals surface area contributed by atoms with Gasteiger partial charge >= 0.3 is 75.1 Å². The predicted octanol–water partition coefficient (Wildman–Crippen LogP) is 0.352. The second-order valence-electron chi connectivity index (χ2n) is 5.34. The fraction of sp³-hybridized carbons (Fsp3) is 0.562. The number of benzene rings is 1. The van der Waals surface area contributed by atoms with Gasteiger partial charge in [-0.15, -0.1) is 0 Å². The van der Waals surface area contributed by atoms with Gasteiger partial charge in [0.15, 0.2) is 0 Å². The van der Waals surface area contributed by atoms with Gasteiger partial charge < -0.3 is 17.5 Å². The summed E-state index contributed by atoms with van der Waals surface area (Å²) in [6.07, 6.45) is -4.32. The predicted molar refractivity (Wildman–Crippen MR) is 81.8 cm³/mol. The molecule has 1 aromatic rings. The molecule has 2 rings (SSSR count). The number of halogens is 3. The Morgan fingerprint density at radius 3 is 2.61 bits per heavy atom. The molecule has 3 nitrogen and oxygen atoms in total. The first-order valence-corrected chi connectivity index (χ1v) is 7.18. The van der Waals surface area contributed by atoms with E-state index in [0.717, 1.165) is 25.7 Å². The van der Waals surface area contributed by atoms with E-state index in [4.69, 9.17) is 4.74 Å². The first kappa shape index (κ1) is 23.8. The quantitative estimate of drug-likeness (QED) is 0.671. The van der Waals surface area contributed by atoms with E-state index in [-0.39, 0.29) is 76.3 Å². The molecule has 126 valence electrons. The third-order valence-electron chi connectivity index (χ3n) is 3.53. The average Bonchev–Trinajstić information content (AvgIpc) is 2.40. The minimum absolute atomic E-state index is 0. The summed E-state index contributed by atoms with van der Waals surface area (Å²) in [6, 6.07) is 4.06. The van der Waals surface area contributed by atoms with Crippen LogP contribution in [0.15, 0.2) is 18.2 Å². The largest absolute Gasteiger partial charge is 1.00 e. The third-order valence-corrected chi connectivity index (χ3v) is 3.53. The van der Waals surface area contributed by atoms with E-state index in [1.54, 1.807) is 0 Å². The number of ether oxygens (including phenoxy) is 1. The second kappa shape index (κ2) is 10.7. The molecule has 0 aromatic heterocycles. The fourth-order valence-electron chi connectivity index (χ4n) is 2.57. The zero-order valence-electron chi connectivity index (χ0n) is 14.3. The van der Waals surface area contributed by atoms with Gasteiger partial charge in [0, 0.05) is 37.8 Å². The van der Waals surface area contributed by atoms with Crippen LogP contribution in [0.5, 0.6) is 5.75 Å². The van der Waals surface area contributed by atoms with Gasteiger partial charge in [-0.1, -0.05) is 0 Å². The number of nitrogens with one attached hydrogen (secondary N) is 1. The van der Waals surface area contributed by atoms with E-state index in [9.17, 15) is 13.2 Å².